The first-order valence-electron chi connectivity index (χ1n) is 17.9. The normalized spacial score (nSPS) is 20.2. The molecule has 4 aromatic rings. The molecule has 1 aromatic heterocycles. The van der Waals surface area contributed by atoms with Gasteiger partial charge in [0.1, 0.15) is 28.0 Å². The van der Waals surface area contributed by atoms with E-state index in [0.717, 1.165) is 38.8 Å². The lowest BCUT2D eigenvalue weighted by Crippen LogP contribution is -2.52. The van der Waals surface area contributed by atoms with Gasteiger partial charge in [-0.2, -0.15) is 8.78 Å². The standard InChI is InChI=1S/C40H39Cl2F2N3O7/c41-31-19-45-20-32(42)30(31)18-34(25-9-10-33(54-40(43)44)35(17-25)51-22-23-7-8-23)52-38(49)27-4-1-5-28(15-27)46-37(26-3-2-6-29(48)16-26)39(50)53-36-21-47-13-11-24(36)12-14-47/h1-6,9-10,15-17,19-20,23-24,34,36-37,40,46,48H,7-8,11-14,18,21-22H2/p+1/t34-,36-,37?/m0/s1. The fraction of sp³-hybridized carbons (Fsp3) is 0.375. The molecule has 2 bridgehead atoms. The second kappa shape index (κ2) is 16.8. The average molecular weight is 784 g/mol. The van der Waals surface area contributed by atoms with Gasteiger partial charge in [-0.25, -0.2) is 14.6 Å². The SMILES string of the molecule is O=C(O[C@@H](Cc1c(Cl)c[nH+]cc1Cl)c1ccc(OC(F)F)c(OCC2CC2)c1)c1cccc(NC(C(=O)O[C@H]2CN3CCC2CC3)c2cccc(O)c2)c1. The Morgan fingerprint density at radius 3 is 2.37 bits per heavy atom. The summed E-state index contributed by atoms with van der Waals surface area (Å²) < 4.78 is 49.4. The number of nitrogens with zero attached hydrogens (tertiary/aromatic N) is 1. The minimum absolute atomic E-state index is 0.00952. The zero-order chi connectivity index (χ0) is 37.8. The number of carbonyl (C=O) groups excluding carboxylic acids is 2. The van der Waals surface area contributed by atoms with Crippen molar-refractivity contribution < 1.29 is 47.4 Å². The van der Waals surface area contributed by atoms with Crippen molar-refractivity contribution in [3.63, 3.8) is 0 Å². The maximum atomic E-state index is 13.9. The van der Waals surface area contributed by atoms with E-state index >= 15 is 0 Å². The fourth-order valence-corrected chi connectivity index (χ4v) is 7.48. The molecule has 3 N–H and O–H groups in total. The lowest BCUT2D eigenvalue weighted by Gasteiger charge is -2.44. The highest BCUT2D eigenvalue weighted by Gasteiger charge is 2.38. The molecule has 4 aliphatic rings. The van der Waals surface area contributed by atoms with Crippen molar-refractivity contribution in [2.45, 2.75) is 57.0 Å². The number of phenolic OH excluding ortho intramolecular Hbond substituents is 1. The summed E-state index contributed by atoms with van der Waals surface area (Å²) in [6.45, 7) is -0.0695. The number of hydrogen-bond donors (Lipinski definition) is 2. The number of esters is 2. The Bertz CT molecular complexity index is 1960. The molecule has 8 rings (SSSR count). The van der Waals surface area contributed by atoms with Crippen molar-refractivity contribution >= 4 is 40.8 Å². The van der Waals surface area contributed by atoms with Crippen LogP contribution in [0.3, 0.4) is 0 Å². The van der Waals surface area contributed by atoms with Gasteiger partial charge in [-0.1, -0.05) is 47.5 Å². The molecular formula is C40H40Cl2F2N3O7+. The highest BCUT2D eigenvalue weighted by molar-refractivity contribution is 6.35. The van der Waals surface area contributed by atoms with Gasteiger partial charge in [0.25, 0.3) is 0 Å². The number of benzene rings is 3. The molecule has 3 saturated heterocycles. The highest BCUT2D eigenvalue weighted by atomic mass is 35.5. The summed E-state index contributed by atoms with van der Waals surface area (Å²) in [5.41, 5.74) is 2.00. The Labute approximate surface area is 321 Å². The summed E-state index contributed by atoms with van der Waals surface area (Å²) in [4.78, 5) is 32.9. The van der Waals surface area contributed by atoms with E-state index in [9.17, 15) is 23.5 Å². The van der Waals surface area contributed by atoms with Gasteiger partial charge in [-0.3, -0.25) is 4.90 Å². The third-order valence-electron chi connectivity index (χ3n) is 10.1. The van der Waals surface area contributed by atoms with Crippen molar-refractivity contribution in [1.82, 2.24) is 4.90 Å². The fourth-order valence-electron chi connectivity index (χ4n) is 6.95. The number of aromatic amines is 1. The van der Waals surface area contributed by atoms with Crippen LogP contribution < -0.4 is 19.8 Å². The molecule has 1 saturated carbocycles. The number of hydrogen-bond acceptors (Lipinski definition) is 9. The summed E-state index contributed by atoms with van der Waals surface area (Å²) in [5, 5.41) is 14.1. The molecule has 4 fully saturated rings. The number of alkyl halides is 2. The first-order chi connectivity index (χ1) is 26.1. The predicted molar refractivity (Wildman–Crippen MR) is 196 cm³/mol. The molecule has 3 aromatic carbocycles. The van der Waals surface area contributed by atoms with Crippen molar-refractivity contribution in [1.29, 1.82) is 0 Å². The molecule has 54 heavy (non-hydrogen) atoms. The minimum Gasteiger partial charge on any atom is -0.508 e. The van der Waals surface area contributed by atoms with Crippen LogP contribution in [0.4, 0.5) is 14.5 Å². The molecule has 0 amide bonds. The number of pyridine rings is 1. The van der Waals surface area contributed by atoms with E-state index in [1.165, 1.54) is 30.3 Å². The van der Waals surface area contributed by atoms with Gasteiger partial charge in [0, 0.05) is 24.2 Å². The number of aromatic hydroxyl groups is 1. The molecule has 10 nitrogen and oxygen atoms in total. The summed E-state index contributed by atoms with van der Waals surface area (Å²) in [6, 6.07) is 16.3. The van der Waals surface area contributed by atoms with E-state index in [1.54, 1.807) is 48.8 Å². The number of nitrogens with one attached hydrogen (secondary N) is 2. The highest BCUT2D eigenvalue weighted by Crippen LogP contribution is 2.38. The Morgan fingerprint density at radius 2 is 1.69 bits per heavy atom. The van der Waals surface area contributed by atoms with E-state index in [-0.39, 0.29) is 35.3 Å². The van der Waals surface area contributed by atoms with E-state index in [0.29, 0.717) is 57.4 Å². The Kier molecular flexibility index (Phi) is 11.7. The van der Waals surface area contributed by atoms with Crippen LogP contribution in [0, 0.1) is 11.8 Å². The third-order valence-corrected chi connectivity index (χ3v) is 10.7. The van der Waals surface area contributed by atoms with E-state index in [4.69, 9.17) is 42.1 Å². The van der Waals surface area contributed by atoms with Gasteiger partial charge in [0.2, 0.25) is 0 Å². The maximum Gasteiger partial charge on any atom is 0.387 e. The summed E-state index contributed by atoms with van der Waals surface area (Å²) in [7, 11) is 0. The average Bonchev–Trinajstić information content (AvgIpc) is 3.99. The molecule has 3 aliphatic heterocycles. The van der Waals surface area contributed by atoms with Crippen molar-refractivity contribution in [2.75, 3.05) is 31.6 Å². The van der Waals surface area contributed by atoms with Crippen LogP contribution in [0.1, 0.15) is 64.9 Å². The molecular weight excluding hydrogens is 743 g/mol. The van der Waals surface area contributed by atoms with Crippen LogP contribution >= 0.6 is 23.2 Å². The number of piperidine rings is 3. The topological polar surface area (TPSA) is 121 Å². The van der Waals surface area contributed by atoms with Crippen molar-refractivity contribution in [3.05, 3.63) is 111 Å². The first-order valence-corrected chi connectivity index (χ1v) is 18.7. The van der Waals surface area contributed by atoms with Gasteiger partial charge < -0.3 is 29.4 Å². The number of aromatic nitrogens is 1. The van der Waals surface area contributed by atoms with Gasteiger partial charge >= 0.3 is 18.6 Å². The van der Waals surface area contributed by atoms with E-state index in [1.807, 2.05) is 0 Å². The van der Waals surface area contributed by atoms with Crippen molar-refractivity contribution in [2.24, 2.45) is 11.8 Å². The van der Waals surface area contributed by atoms with Crippen LogP contribution in [0.15, 0.2) is 79.1 Å². The predicted octanol–water partition coefficient (Wildman–Crippen LogP) is 7.83. The monoisotopic (exact) mass is 782 g/mol. The molecule has 0 spiro atoms. The van der Waals surface area contributed by atoms with Crippen LogP contribution in [0.2, 0.25) is 10.0 Å². The zero-order valence-corrected chi connectivity index (χ0v) is 30.7. The number of phenols is 1. The second-order valence-electron chi connectivity index (χ2n) is 13.9. The molecule has 14 heteroatoms. The van der Waals surface area contributed by atoms with Gasteiger partial charge in [-0.05, 0) is 104 Å². The molecule has 4 heterocycles. The van der Waals surface area contributed by atoms with E-state index in [2.05, 4.69) is 15.2 Å². The summed E-state index contributed by atoms with van der Waals surface area (Å²) in [5.74, 6) is -0.649. The molecule has 1 unspecified atom stereocenters. The molecule has 0 radical (unpaired) electrons. The summed E-state index contributed by atoms with van der Waals surface area (Å²) in [6.07, 6.45) is 5.81. The van der Waals surface area contributed by atoms with Crippen LogP contribution in [0.5, 0.6) is 17.2 Å². The number of halogens is 4. The van der Waals surface area contributed by atoms with Gasteiger partial charge in [0.05, 0.1) is 12.2 Å². The Morgan fingerprint density at radius 1 is 0.926 bits per heavy atom. The largest absolute Gasteiger partial charge is 0.508 e. The van der Waals surface area contributed by atoms with Gasteiger partial charge in [0.15, 0.2) is 29.9 Å². The molecule has 1 aliphatic carbocycles. The number of carbonyl (C=O) groups is 2. The quantitative estimate of drug-likeness (QED) is 0.116. The zero-order valence-electron chi connectivity index (χ0n) is 29.2. The summed E-state index contributed by atoms with van der Waals surface area (Å²) >= 11 is 13.0. The minimum atomic E-state index is -3.07. The van der Waals surface area contributed by atoms with Crippen LogP contribution in [-0.4, -0.2) is 60.9 Å². The van der Waals surface area contributed by atoms with E-state index < -0.39 is 30.7 Å². The number of anilines is 1. The van der Waals surface area contributed by atoms with Gasteiger partial charge in [-0.15, -0.1) is 0 Å². The smallest absolute Gasteiger partial charge is 0.387 e. The Hall–Kier alpha value is -4.65. The maximum absolute atomic E-state index is 13.9. The van der Waals surface area contributed by atoms with Crippen LogP contribution in [0.25, 0.3) is 0 Å². The first kappa shape index (κ1) is 37.7. The van der Waals surface area contributed by atoms with Crippen LogP contribution in [-0.2, 0) is 20.7 Å². The lowest BCUT2D eigenvalue weighted by molar-refractivity contribution is -0.377. The number of ether oxygens (including phenoxy) is 4. The number of rotatable bonds is 15. The Balaban J connectivity index is 1.14. The number of fused-ring (bicyclic) bond motifs is 3. The number of H-pyrrole nitrogens is 1. The lowest BCUT2D eigenvalue weighted by atomic mass is 9.86. The molecule has 284 valence electrons. The third kappa shape index (κ3) is 9.34. The molecule has 3 atom stereocenters. The second-order valence-corrected chi connectivity index (χ2v) is 14.7. The van der Waals surface area contributed by atoms with Crippen molar-refractivity contribution in [3.8, 4) is 17.2 Å².